The summed E-state index contributed by atoms with van der Waals surface area (Å²) >= 11 is -2.11. The molecule has 0 aliphatic carbocycles. The number of aryl methyl sites for hydroxylation is 3. The zero-order valence-corrected chi connectivity index (χ0v) is 18.0. The van der Waals surface area contributed by atoms with Crippen molar-refractivity contribution < 1.29 is 0 Å². The molecule has 3 rings (SSSR count). The third-order valence-corrected chi connectivity index (χ3v) is 12.7. The molecule has 0 nitrogen and oxygen atoms in total. The van der Waals surface area contributed by atoms with Crippen LogP contribution in [0.25, 0.3) is 0 Å². The summed E-state index contributed by atoms with van der Waals surface area (Å²) in [5, 5.41) is 0. The number of rotatable bonds is 6. The van der Waals surface area contributed by atoms with Crippen molar-refractivity contribution in [3.05, 3.63) is 89.5 Å². The second-order valence-corrected chi connectivity index (χ2v) is 12.3. The minimum atomic E-state index is -2.11. The van der Waals surface area contributed by atoms with Crippen LogP contribution in [0.2, 0.25) is 0 Å². The van der Waals surface area contributed by atoms with Crippen molar-refractivity contribution in [2.75, 3.05) is 0 Å². The summed E-state index contributed by atoms with van der Waals surface area (Å²) in [5.74, 6) is 0. The van der Waals surface area contributed by atoms with Gasteiger partial charge in [-0.05, 0) is 0 Å². The molecule has 0 spiro atoms. The third-order valence-electron chi connectivity index (χ3n) is 5.24. The Morgan fingerprint density at radius 2 is 0.760 bits per heavy atom. The summed E-state index contributed by atoms with van der Waals surface area (Å²) in [6.07, 6.45) is 3.33. The van der Waals surface area contributed by atoms with Gasteiger partial charge in [0.15, 0.2) is 0 Å². The van der Waals surface area contributed by atoms with Gasteiger partial charge in [-0.2, -0.15) is 0 Å². The molecular weight excluding hydrogens is 358 g/mol. The van der Waals surface area contributed by atoms with Gasteiger partial charge in [-0.25, -0.2) is 0 Å². The van der Waals surface area contributed by atoms with E-state index in [4.69, 9.17) is 0 Å². The van der Waals surface area contributed by atoms with Crippen LogP contribution < -0.4 is 12.4 Å². The first-order valence-electron chi connectivity index (χ1n) is 9.53. The Hall–Kier alpha value is -1.70. The molecule has 0 unspecified atom stereocenters. The van der Waals surface area contributed by atoms with Crippen molar-refractivity contribution in [1.29, 1.82) is 0 Å². The molecule has 0 atom stereocenters. The standard InChI is InChI=1S/3C8H9.Ga/c3*1-2-8-6-4-3-5-7-8;/h3*3-6H,2H2,1H3;. The fourth-order valence-electron chi connectivity index (χ4n) is 3.92. The molecule has 3 aromatic carbocycles. The molecule has 0 saturated heterocycles. The summed E-state index contributed by atoms with van der Waals surface area (Å²) < 4.78 is 4.91. The van der Waals surface area contributed by atoms with Gasteiger partial charge in [-0.1, -0.05) is 0 Å². The first-order valence-corrected chi connectivity index (χ1v) is 13.2. The summed E-state index contributed by atoms with van der Waals surface area (Å²) in [5.41, 5.74) is 4.60. The van der Waals surface area contributed by atoms with Crippen molar-refractivity contribution in [3.63, 3.8) is 0 Å². The van der Waals surface area contributed by atoms with Crippen molar-refractivity contribution in [2.45, 2.75) is 40.0 Å². The molecule has 0 aliphatic rings. The molecular formula is C24H27Ga. The Morgan fingerprint density at radius 1 is 0.480 bits per heavy atom. The summed E-state index contributed by atoms with van der Waals surface area (Å²) in [6, 6.07) is 27.5. The van der Waals surface area contributed by atoms with E-state index in [2.05, 4.69) is 93.6 Å². The first-order chi connectivity index (χ1) is 12.3. The van der Waals surface area contributed by atoms with Gasteiger partial charge in [-0.3, -0.25) is 0 Å². The van der Waals surface area contributed by atoms with Crippen LogP contribution in [-0.2, 0) is 19.3 Å². The Morgan fingerprint density at radius 3 is 1.04 bits per heavy atom. The molecule has 0 aromatic heterocycles. The molecule has 0 bridgehead atoms. The normalized spacial score (nSPS) is 10.7. The maximum atomic E-state index is 2.41. The van der Waals surface area contributed by atoms with Crippen LogP contribution >= 0.6 is 0 Å². The molecule has 0 heterocycles. The van der Waals surface area contributed by atoms with E-state index in [-0.39, 0.29) is 0 Å². The molecule has 25 heavy (non-hydrogen) atoms. The van der Waals surface area contributed by atoms with Gasteiger partial charge in [-0.15, -0.1) is 0 Å². The Balaban J connectivity index is 2.29. The SMILES string of the molecule is CCc1cccc[c]1[Ga]([c]1ccccc1CC)[c]1ccccc1CC. The van der Waals surface area contributed by atoms with Crippen molar-refractivity contribution >= 4 is 28.6 Å². The van der Waals surface area contributed by atoms with Crippen LogP contribution in [0.5, 0.6) is 0 Å². The van der Waals surface area contributed by atoms with E-state index in [1.54, 1.807) is 12.4 Å². The Bertz CT molecular complexity index is 722. The van der Waals surface area contributed by atoms with Crippen molar-refractivity contribution in [2.24, 2.45) is 0 Å². The summed E-state index contributed by atoms with van der Waals surface area (Å²) in [7, 11) is 0. The zero-order chi connectivity index (χ0) is 17.6. The molecule has 3 aromatic rings. The van der Waals surface area contributed by atoms with E-state index in [0.29, 0.717) is 0 Å². The van der Waals surface area contributed by atoms with E-state index < -0.39 is 16.2 Å². The van der Waals surface area contributed by atoms with E-state index in [1.165, 1.54) is 16.7 Å². The maximum absolute atomic E-state index is 2.41. The second-order valence-electron chi connectivity index (χ2n) is 6.59. The Kier molecular flexibility index (Phi) is 6.22. The molecule has 0 amide bonds. The second kappa shape index (κ2) is 8.60. The molecule has 0 fully saturated rings. The predicted octanol–water partition coefficient (Wildman–Crippen LogP) is 3.89. The van der Waals surface area contributed by atoms with Gasteiger partial charge in [0, 0.05) is 0 Å². The van der Waals surface area contributed by atoms with Crippen LogP contribution in [-0.4, -0.2) is 16.2 Å². The van der Waals surface area contributed by atoms with E-state index in [0.717, 1.165) is 19.3 Å². The molecule has 0 radical (unpaired) electrons. The van der Waals surface area contributed by atoms with Crippen LogP contribution in [0, 0.1) is 0 Å². The van der Waals surface area contributed by atoms with Gasteiger partial charge in [0.05, 0.1) is 0 Å². The molecule has 0 saturated carbocycles. The predicted molar refractivity (Wildman–Crippen MR) is 112 cm³/mol. The zero-order valence-electron chi connectivity index (χ0n) is 15.6. The number of hydrogen-bond acceptors (Lipinski definition) is 0. The Labute approximate surface area is 158 Å². The van der Waals surface area contributed by atoms with Gasteiger partial charge in [0.2, 0.25) is 0 Å². The molecule has 126 valence electrons. The van der Waals surface area contributed by atoms with Crippen LogP contribution in [0.15, 0.2) is 72.8 Å². The third kappa shape index (κ3) is 3.78. The van der Waals surface area contributed by atoms with E-state index in [9.17, 15) is 0 Å². The summed E-state index contributed by atoms with van der Waals surface area (Å²) in [6.45, 7) is 6.86. The van der Waals surface area contributed by atoms with Gasteiger partial charge >= 0.3 is 158 Å². The number of hydrogen-bond donors (Lipinski definition) is 0. The minimum absolute atomic E-state index is 1.11. The fraction of sp³-hybridized carbons (Fsp3) is 0.250. The monoisotopic (exact) mass is 384 g/mol. The first kappa shape index (κ1) is 18.1. The van der Waals surface area contributed by atoms with Gasteiger partial charge in [0.25, 0.3) is 0 Å². The van der Waals surface area contributed by atoms with Gasteiger partial charge in [0.1, 0.15) is 0 Å². The van der Waals surface area contributed by atoms with Crippen molar-refractivity contribution in [1.82, 2.24) is 0 Å². The van der Waals surface area contributed by atoms with Crippen LogP contribution in [0.3, 0.4) is 0 Å². The summed E-state index contributed by atoms with van der Waals surface area (Å²) in [4.78, 5) is 0. The molecule has 1 heteroatoms. The quantitative estimate of drug-likeness (QED) is 0.565. The van der Waals surface area contributed by atoms with Gasteiger partial charge < -0.3 is 0 Å². The average Bonchev–Trinajstić information content (AvgIpc) is 2.69. The fourth-order valence-corrected chi connectivity index (χ4v) is 12.2. The van der Waals surface area contributed by atoms with E-state index >= 15 is 0 Å². The van der Waals surface area contributed by atoms with Crippen molar-refractivity contribution in [3.8, 4) is 0 Å². The molecule has 0 N–H and O–H groups in total. The van der Waals surface area contributed by atoms with Crippen LogP contribution in [0.4, 0.5) is 0 Å². The number of benzene rings is 3. The average molecular weight is 385 g/mol. The molecule has 0 aliphatic heterocycles. The van der Waals surface area contributed by atoms with E-state index in [1.807, 2.05) is 0 Å². The topological polar surface area (TPSA) is 0 Å². The van der Waals surface area contributed by atoms with Crippen LogP contribution in [0.1, 0.15) is 37.5 Å².